The average molecular weight is 399 g/mol. The van der Waals surface area contributed by atoms with E-state index in [0.29, 0.717) is 32.0 Å². The van der Waals surface area contributed by atoms with Crippen molar-refractivity contribution in [1.82, 2.24) is 20.7 Å². The number of carbonyl (C=O) groups is 2. The lowest BCUT2D eigenvalue weighted by Crippen LogP contribution is -2.48. The van der Waals surface area contributed by atoms with Crippen molar-refractivity contribution in [1.29, 1.82) is 0 Å². The van der Waals surface area contributed by atoms with Gasteiger partial charge in [-0.15, -0.1) is 0 Å². The first-order valence-corrected chi connectivity index (χ1v) is 10.7. The number of hydrogen-bond acceptors (Lipinski definition) is 5. The molecular weight excluding hydrogens is 368 g/mol. The Hall–Kier alpha value is -2.54. The first-order chi connectivity index (χ1) is 14.2. The van der Waals surface area contributed by atoms with Gasteiger partial charge in [-0.2, -0.15) is 0 Å². The Labute approximate surface area is 172 Å². The first kappa shape index (κ1) is 19.8. The van der Waals surface area contributed by atoms with E-state index in [1.54, 1.807) is 11.1 Å². The molecule has 4 rings (SSSR count). The molecule has 156 valence electrons. The van der Waals surface area contributed by atoms with E-state index in [0.717, 1.165) is 37.0 Å². The quantitative estimate of drug-likeness (QED) is 0.625. The maximum atomic E-state index is 13.0. The molecule has 29 heavy (non-hydrogen) atoms. The van der Waals surface area contributed by atoms with Gasteiger partial charge in [0, 0.05) is 37.0 Å². The van der Waals surface area contributed by atoms with Crippen molar-refractivity contribution < 1.29 is 14.3 Å². The minimum Gasteiger partial charge on any atom is -0.493 e. The molecule has 2 amide bonds. The summed E-state index contributed by atoms with van der Waals surface area (Å²) in [5, 5.41) is 4.86. The Bertz CT molecular complexity index is 777. The van der Waals surface area contributed by atoms with Crippen molar-refractivity contribution in [2.75, 3.05) is 13.2 Å². The second-order valence-electron chi connectivity index (χ2n) is 8.00. The number of hydrazine groups is 1. The van der Waals surface area contributed by atoms with E-state index in [4.69, 9.17) is 4.74 Å². The van der Waals surface area contributed by atoms with Crippen LogP contribution in [0.4, 0.5) is 0 Å². The van der Waals surface area contributed by atoms with Gasteiger partial charge in [-0.25, -0.2) is 5.43 Å². The van der Waals surface area contributed by atoms with Crippen LogP contribution >= 0.6 is 0 Å². The summed E-state index contributed by atoms with van der Waals surface area (Å²) in [6, 6.07) is 8.14. The van der Waals surface area contributed by atoms with Gasteiger partial charge in [-0.1, -0.05) is 31.5 Å². The molecule has 1 aromatic carbocycles. The van der Waals surface area contributed by atoms with Gasteiger partial charge in [0.15, 0.2) is 0 Å². The van der Waals surface area contributed by atoms with Gasteiger partial charge in [0.25, 0.3) is 5.91 Å². The Morgan fingerprint density at radius 1 is 1.28 bits per heavy atom. The van der Waals surface area contributed by atoms with Gasteiger partial charge < -0.3 is 20.0 Å². The molecule has 2 aliphatic heterocycles. The lowest BCUT2D eigenvalue weighted by Gasteiger charge is -2.31. The van der Waals surface area contributed by atoms with E-state index >= 15 is 0 Å². The minimum atomic E-state index is -0.264. The predicted octanol–water partition coefficient (Wildman–Crippen LogP) is 2.47. The second kappa shape index (κ2) is 8.86. The molecule has 1 saturated carbocycles. The third-order valence-corrected chi connectivity index (χ3v) is 5.65. The number of fused-ring (bicyclic) bond motifs is 1. The van der Waals surface area contributed by atoms with E-state index in [9.17, 15) is 9.59 Å². The summed E-state index contributed by atoms with van der Waals surface area (Å²) in [5.41, 5.74) is 4.51. The van der Waals surface area contributed by atoms with Crippen LogP contribution in [0.15, 0.2) is 36.7 Å². The zero-order chi connectivity index (χ0) is 20.2. The van der Waals surface area contributed by atoms with E-state index in [2.05, 4.69) is 23.7 Å². The third-order valence-electron chi connectivity index (χ3n) is 5.65. The average Bonchev–Trinajstić information content (AvgIpc) is 3.42. The van der Waals surface area contributed by atoms with Crippen molar-refractivity contribution in [3.63, 3.8) is 0 Å². The summed E-state index contributed by atoms with van der Waals surface area (Å²) < 4.78 is 5.98. The fourth-order valence-electron chi connectivity index (χ4n) is 3.80. The van der Waals surface area contributed by atoms with Crippen molar-refractivity contribution in [3.8, 4) is 5.75 Å². The SMILES string of the molecule is CCCCOc1ccccc1C1CC2C(=O)N(CCC(=O)NC3CC3)C=CN2N1. The van der Waals surface area contributed by atoms with E-state index in [-0.39, 0.29) is 23.9 Å². The van der Waals surface area contributed by atoms with E-state index < -0.39 is 0 Å². The maximum absolute atomic E-state index is 13.0. The van der Waals surface area contributed by atoms with Crippen molar-refractivity contribution in [3.05, 3.63) is 42.2 Å². The summed E-state index contributed by atoms with van der Waals surface area (Å²) >= 11 is 0. The highest BCUT2D eigenvalue weighted by molar-refractivity contribution is 5.85. The maximum Gasteiger partial charge on any atom is 0.250 e. The van der Waals surface area contributed by atoms with Crippen molar-refractivity contribution in [2.45, 2.75) is 63.6 Å². The lowest BCUT2D eigenvalue weighted by atomic mass is 10.00. The molecule has 2 atom stereocenters. The molecule has 0 bridgehead atoms. The summed E-state index contributed by atoms with van der Waals surface area (Å²) in [6.45, 7) is 3.26. The zero-order valence-electron chi connectivity index (χ0n) is 17.0. The zero-order valence-corrected chi connectivity index (χ0v) is 17.0. The Morgan fingerprint density at radius 3 is 2.90 bits per heavy atom. The molecule has 2 N–H and O–H groups in total. The number of amides is 2. The number of nitrogens with one attached hydrogen (secondary N) is 2. The molecule has 7 heteroatoms. The molecule has 1 aliphatic carbocycles. The molecule has 7 nitrogen and oxygen atoms in total. The monoisotopic (exact) mass is 398 g/mol. The Kier molecular flexibility index (Phi) is 6.04. The van der Waals surface area contributed by atoms with E-state index in [1.165, 1.54) is 0 Å². The normalized spacial score (nSPS) is 23.3. The molecule has 1 saturated heterocycles. The number of carbonyl (C=O) groups excluding carboxylic acids is 2. The van der Waals surface area contributed by atoms with Gasteiger partial charge in [0.05, 0.1) is 12.6 Å². The number of hydrogen-bond donors (Lipinski definition) is 2. The number of para-hydroxylation sites is 1. The van der Waals surface area contributed by atoms with Crippen LogP contribution in [-0.4, -0.2) is 47.0 Å². The van der Waals surface area contributed by atoms with Crippen LogP contribution in [-0.2, 0) is 9.59 Å². The summed E-state index contributed by atoms with van der Waals surface area (Å²) in [5.74, 6) is 0.936. The van der Waals surface area contributed by atoms with Crippen molar-refractivity contribution in [2.24, 2.45) is 0 Å². The second-order valence-corrected chi connectivity index (χ2v) is 8.00. The van der Waals surface area contributed by atoms with E-state index in [1.807, 2.05) is 29.4 Å². The van der Waals surface area contributed by atoms with Crippen LogP contribution in [0.2, 0.25) is 0 Å². The fraction of sp³-hybridized carbons (Fsp3) is 0.545. The van der Waals surface area contributed by atoms with Crippen LogP contribution in [0.3, 0.4) is 0 Å². The largest absolute Gasteiger partial charge is 0.493 e. The molecule has 2 heterocycles. The minimum absolute atomic E-state index is 0.0181. The molecular formula is C22H30N4O3. The van der Waals surface area contributed by atoms with Crippen LogP contribution in [0.25, 0.3) is 0 Å². The number of unbranched alkanes of at least 4 members (excludes halogenated alkanes) is 1. The highest BCUT2D eigenvalue weighted by atomic mass is 16.5. The van der Waals surface area contributed by atoms with Gasteiger partial charge in [-0.3, -0.25) is 9.59 Å². The fourth-order valence-corrected chi connectivity index (χ4v) is 3.80. The summed E-state index contributed by atoms with van der Waals surface area (Å²) in [4.78, 5) is 26.6. The van der Waals surface area contributed by atoms with Crippen LogP contribution in [0, 0.1) is 0 Å². The van der Waals surface area contributed by atoms with Gasteiger partial charge in [0.1, 0.15) is 11.8 Å². The number of ether oxygens (including phenoxy) is 1. The van der Waals surface area contributed by atoms with Crippen LogP contribution < -0.4 is 15.5 Å². The number of nitrogens with zero attached hydrogens (tertiary/aromatic N) is 2. The molecule has 0 spiro atoms. The Morgan fingerprint density at radius 2 is 2.10 bits per heavy atom. The number of rotatable bonds is 9. The summed E-state index contributed by atoms with van der Waals surface area (Å²) in [6.07, 6.45) is 8.92. The first-order valence-electron chi connectivity index (χ1n) is 10.7. The Balaban J connectivity index is 1.36. The third kappa shape index (κ3) is 4.72. The van der Waals surface area contributed by atoms with Crippen molar-refractivity contribution >= 4 is 11.8 Å². The van der Waals surface area contributed by atoms with Gasteiger partial charge >= 0.3 is 0 Å². The molecule has 2 unspecified atom stereocenters. The molecule has 2 fully saturated rings. The van der Waals surface area contributed by atoms with Crippen LogP contribution in [0.1, 0.15) is 57.1 Å². The smallest absolute Gasteiger partial charge is 0.250 e. The summed E-state index contributed by atoms with van der Waals surface area (Å²) in [7, 11) is 0. The topological polar surface area (TPSA) is 73.9 Å². The van der Waals surface area contributed by atoms with Crippen LogP contribution in [0.5, 0.6) is 5.75 Å². The van der Waals surface area contributed by atoms with Gasteiger partial charge in [0.2, 0.25) is 5.91 Å². The standard InChI is InChI=1S/C22H30N4O3/c1-2-3-14-29-20-7-5-4-6-17(20)18-15-19-22(28)25(12-13-26(19)24-18)11-10-21(27)23-16-8-9-16/h4-7,12-13,16,18-19,24H,2-3,8-11,14-15H2,1H3,(H,23,27). The highest BCUT2D eigenvalue weighted by Gasteiger charge is 2.40. The lowest BCUT2D eigenvalue weighted by molar-refractivity contribution is -0.134. The highest BCUT2D eigenvalue weighted by Crippen LogP contribution is 2.35. The predicted molar refractivity (Wildman–Crippen MR) is 110 cm³/mol. The molecule has 1 aromatic rings. The van der Waals surface area contributed by atoms with Gasteiger partial charge in [-0.05, 0) is 31.7 Å². The molecule has 0 radical (unpaired) electrons. The molecule has 3 aliphatic rings. The number of benzene rings is 1. The molecule has 0 aromatic heterocycles.